The summed E-state index contributed by atoms with van der Waals surface area (Å²) in [6.07, 6.45) is 0.865. The maximum Gasteiger partial charge on any atom is 0.417 e. The molecule has 0 bridgehead atoms. The van der Waals surface area contributed by atoms with Crippen LogP contribution in [-0.4, -0.2) is 46.5 Å². The van der Waals surface area contributed by atoms with E-state index in [0.717, 1.165) is 54.3 Å². The lowest BCUT2D eigenvalue weighted by atomic mass is 9.89. The fourth-order valence-corrected chi connectivity index (χ4v) is 5.66. The SMILES string of the molecule is CC(=O)N1c2ccc(-c3ccc(CN4CCCCC4)cc3)cc2[C@@H](Nc2ccc(C(F)(F)F)cn2)C[C@H]1C.O=CO. The molecule has 1 fully saturated rings. The Morgan fingerprint density at radius 3 is 2.29 bits per heavy atom. The summed E-state index contributed by atoms with van der Waals surface area (Å²) in [5.41, 5.74) is 4.35. The van der Waals surface area contributed by atoms with Crippen LogP contribution in [0.3, 0.4) is 0 Å². The zero-order valence-electron chi connectivity index (χ0n) is 23.2. The molecule has 3 heterocycles. The Morgan fingerprint density at radius 1 is 1.05 bits per heavy atom. The third kappa shape index (κ3) is 7.43. The van der Waals surface area contributed by atoms with Crippen LogP contribution in [0.4, 0.5) is 24.7 Å². The van der Waals surface area contributed by atoms with E-state index in [0.29, 0.717) is 12.2 Å². The van der Waals surface area contributed by atoms with Crippen molar-refractivity contribution in [2.24, 2.45) is 0 Å². The van der Waals surface area contributed by atoms with E-state index in [1.54, 1.807) is 11.8 Å². The van der Waals surface area contributed by atoms with E-state index < -0.39 is 11.7 Å². The number of benzene rings is 2. The van der Waals surface area contributed by atoms with Gasteiger partial charge in [0, 0.05) is 31.4 Å². The Hall–Kier alpha value is -3.92. The predicted molar refractivity (Wildman–Crippen MR) is 153 cm³/mol. The molecule has 1 saturated heterocycles. The lowest BCUT2D eigenvalue weighted by Gasteiger charge is -2.39. The molecule has 2 N–H and O–H groups in total. The summed E-state index contributed by atoms with van der Waals surface area (Å²) in [4.78, 5) is 29.2. The average Bonchev–Trinajstić information content (AvgIpc) is 2.94. The third-order valence-corrected chi connectivity index (χ3v) is 7.57. The van der Waals surface area contributed by atoms with Gasteiger partial charge in [-0.15, -0.1) is 0 Å². The van der Waals surface area contributed by atoms with Gasteiger partial charge in [0.2, 0.25) is 5.91 Å². The Kier molecular flexibility index (Phi) is 9.65. The standard InChI is InChI=1S/C30H33F3N4O.CH2O2/c1-20-16-27(35-29-13-11-25(18-34-29)30(31,32)33)26-17-24(10-12-28(26)37(20)21(2)38)23-8-6-22(7-9-23)19-36-14-4-3-5-15-36;2-1-3/h6-13,17-18,20,27H,3-5,14-16,19H2,1-2H3,(H,34,35);1H,(H,2,3)/t20-,27+;/m1./s1. The van der Waals surface area contributed by atoms with Crippen LogP contribution in [0.15, 0.2) is 60.8 Å². The number of hydrogen-bond acceptors (Lipinski definition) is 5. The number of carbonyl (C=O) groups is 2. The van der Waals surface area contributed by atoms with Crippen molar-refractivity contribution in [1.29, 1.82) is 0 Å². The molecule has 2 aromatic carbocycles. The highest BCUT2D eigenvalue weighted by molar-refractivity contribution is 5.94. The molecule has 0 unspecified atom stereocenters. The number of halogens is 3. The van der Waals surface area contributed by atoms with E-state index >= 15 is 0 Å². The fraction of sp³-hybridized carbons (Fsp3) is 0.387. The van der Waals surface area contributed by atoms with Crippen molar-refractivity contribution in [3.8, 4) is 11.1 Å². The number of piperidine rings is 1. The Bertz CT molecular complexity index is 1320. The molecule has 2 atom stereocenters. The first-order valence-electron chi connectivity index (χ1n) is 13.7. The lowest BCUT2D eigenvalue weighted by Crippen LogP contribution is -2.43. The average molecular weight is 569 g/mol. The molecule has 5 rings (SSSR count). The number of aromatic nitrogens is 1. The summed E-state index contributed by atoms with van der Waals surface area (Å²) in [6, 6.07) is 16.8. The van der Waals surface area contributed by atoms with Gasteiger partial charge in [-0.3, -0.25) is 14.5 Å². The molecule has 3 aromatic rings. The number of carbonyl (C=O) groups excluding carboxylic acids is 1. The molecule has 0 saturated carbocycles. The zero-order valence-corrected chi connectivity index (χ0v) is 23.2. The lowest BCUT2D eigenvalue weighted by molar-refractivity contribution is -0.137. The number of nitrogens with one attached hydrogen (secondary N) is 1. The van der Waals surface area contributed by atoms with Crippen LogP contribution in [-0.2, 0) is 22.3 Å². The minimum absolute atomic E-state index is 0.0420. The quantitative estimate of drug-likeness (QED) is 0.331. The van der Waals surface area contributed by atoms with Crippen LogP contribution < -0.4 is 10.2 Å². The number of alkyl halides is 3. The van der Waals surface area contributed by atoms with Gasteiger partial charge in [0.05, 0.1) is 11.6 Å². The predicted octanol–water partition coefficient (Wildman–Crippen LogP) is 6.75. The highest BCUT2D eigenvalue weighted by Gasteiger charge is 2.34. The maximum absolute atomic E-state index is 13.0. The van der Waals surface area contributed by atoms with Crippen LogP contribution in [0.5, 0.6) is 0 Å². The van der Waals surface area contributed by atoms with Gasteiger partial charge in [0.25, 0.3) is 6.47 Å². The Balaban J connectivity index is 0.00000124. The minimum atomic E-state index is -4.43. The molecule has 10 heteroatoms. The number of carboxylic acid groups (broad SMARTS) is 1. The van der Waals surface area contributed by atoms with Crippen molar-refractivity contribution in [2.45, 2.75) is 64.3 Å². The molecule has 1 amide bonds. The van der Waals surface area contributed by atoms with Gasteiger partial charge in [-0.05, 0) is 85.8 Å². The van der Waals surface area contributed by atoms with Gasteiger partial charge in [0.1, 0.15) is 5.82 Å². The van der Waals surface area contributed by atoms with E-state index in [1.165, 1.54) is 30.9 Å². The number of anilines is 2. The zero-order chi connectivity index (χ0) is 29.6. The van der Waals surface area contributed by atoms with E-state index in [-0.39, 0.29) is 24.5 Å². The molecular weight excluding hydrogens is 533 g/mol. The van der Waals surface area contributed by atoms with Crippen molar-refractivity contribution in [3.63, 3.8) is 0 Å². The number of likely N-dealkylation sites (tertiary alicyclic amines) is 1. The molecule has 2 aliphatic heterocycles. The summed E-state index contributed by atoms with van der Waals surface area (Å²) in [5, 5.41) is 10.2. The normalized spacial score (nSPS) is 19.0. The molecule has 1 aromatic heterocycles. The Labute approximate surface area is 238 Å². The molecule has 2 aliphatic rings. The number of fused-ring (bicyclic) bond motifs is 1. The van der Waals surface area contributed by atoms with Crippen molar-refractivity contribution in [3.05, 3.63) is 77.5 Å². The van der Waals surface area contributed by atoms with E-state index in [9.17, 15) is 18.0 Å². The van der Waals surface area contributed by atoms with Gasteiger partial charge in [-0.2, -0.15) is 13.2 Å². The van der Waals surface area contributed by atoms with Crippen LogP contribution in [0.2, 0.25) is 0 Å². The molecule has 41 heavy (non-hydrogen) atoms. The number of pyridine rings is 1. The van der Waals surface area contributed by atoms with Crippen molar-refractivity contribution in [1.82, 2.24) is 9.88 Å². The molecule has 0 spiro atoms. The van der Waals surface area contributed by atoms with Gasteiger partial charge < -0.3 is 15.3 Å². The van der Waals surface area contributed by atoms with Crippen LogP contribution in [0.25, 0.3) is 11.1 Å². The second kappa shape index (κ2) is 13.2. The number of nitrogens with zero attached hydrogens (tertiary/aromatic N) is 3. The van der Waals surface area contributed by atoms with E-state index in [1.807, 2.05) is 19.1 Å². The Morgan fingerprint density at radius 2 is 1.71 bits per heavy atom. The summed E-state index contributed by atoms with van der Waals surface area (Å²) >= 11 is 0. The van der Waals surface area contributed by atoms with Crippen molar-refractivity contribution in [2.75, 3.05) is 23.3 Å². The second-order valence-corrected chi connectivity index (χ2v) is 10.5. The largest absolute Gasteiger partial charge is 0.483 e. The third-order valence-electron chi connectivity index (χ3n) is 7.57. The number of rotatable bonds is 5. The molecule has 0 radical (unpaired) electrons. The molecule has 218 valence electrons. The minimum Gasteiger partial charge on any atom is -0.483 e. The monoisotopic (exact) mass is 568 g/mol. The smallest absolute Gasteiger partial charge is 0.417 e. The topological polar surface area (TPSA) is 85.8 Å². The van der Waals surface area contributed by atoms with Crippen LogP contribution in [0, 0.1) is 0 Å². The summed E-state index contributed by atoms with van der Waals surface area (Å²) in [7, 11) is 0. The number of hydrogen-bond donors (Lipinski definition) is 2. The highest BCUT2D eigenvalue weighted by atomic mass is 19.4. The molecular formula is C31H35F3N4O3. The van der Waals surface area contributed by atoms with E-state index in [2.05, 4.69) is 45.5 Å². The fourth-order valence-electron chi connectivity index (χ4n) is 5.66. The van der Waals surface area contributed by atoms with Gasteiger partial charge in [0.15, 0.2) is 0 Å². The first-order chi connectivity index (χ1) is 19.6. The van der Waals surface area contributed by atoms with Gasteiger partial charge in [-0.1, -0.05) is 36.8 Å². The highest BCUT2D eigenvalue weighted by Crippen LogP contribution is 2.41. The van der Waals surface area contributed by atoms with Crippen molar-refractivity contribution < 1.29 is 27.9 Å². The number of amides is 1. The first kappa shape index (κ1) is 30.0. The maximum atomic E-state index is 13.0. The summed E-state index contributed by atoms with van der Waals surface area (Å²) in [5.74, 6) is 0.324. The van der Waals surface area contributed by atoms with Crippen molar-refractivity contribution >= 4 is 23.9 Å². The first-order valence-corrected chi connectivity index (χ1v) is 13.7. The van der Waals surface area contributed by atoms with E-state index in [4.69, 9.17) is 9.90 Å². The summed E-state index contributed by atoms with van der Waals surface area (Å²) < 4.78 is 39.0. The van der Waals surface area contributed by atoms with Gasteiger partial charge >= 0.3 is 6.18 Å². The molecule has 7 nitrogen and oxygen atoms in total. The summed E-state index contributed by atoms with van der Waals surface area (Å²) in [6.45, 7) is 6.55. The van der Waals surface area contributed by atoms with Crippen LogP contribution in [0.1, 0.15) is 62.3 Å². The molecule has 0 aliphatic carbocycles. The van der Waals surface area contributed by atoms with Crippen LogP contribution >= 0.6 is 0 Å². The second-order valence-electron chi connectivity index (χ2n) is 10.5. The van der Waals surface area contributed by atoms with Gasteiger partial charge in [-0.25, -0.2) is 4.98 Å².